The molecule has 1 aromatic heterocycles. The van der Waals surface area contributed by atoms with Gasteiger partial charge < -0.3 is 9.42 Å². The molecule has 118 valence electrons. The third-order valence-electron chi connectivity index (χ3n) is 3.95. The van der Waals surface area contributed by atoms with Crippen molar-refractivity contribution in [1.82, 2.24) is 15.0 Å². The van der Waals surface area contributed by atoms with Crippen LogP contribution in [0.3, 0.4) is 0 Å². The van der Waals surface area contributed by atoms with Gasteiger partial charge in [0.2, 0.25) is 5.89 Å². The average molecular weight is 300 g/mol. The maximum atomic E-state index is 5.31. The molecule has 0 unspecified atom stereocenters. The van der Waals surface area contributed by atoms with Crippen molar-refractivity contribution in [2.24, 2.45) is 5.92 Å². The zero-order chi connectivity index (χ0) is 15.4. The molecule has 0 N–H and O–H groups in total. The fourth-order valence-corrected chi connectivity index (χ4v) is 2.79. The lowest BCUT2D eigenvalue weighted by molar-refractivity contribution is 0.240. The highest BCUT2D eigenvalue weighted by atomic mass is 16.5. The molecule has 2 aromatic rings. The van der Waals surface area contributed by atoms with Gasteiger partial charge in [-0.25, -0.2) is 0 Å². The van der Waals surface area contributed by atoms with Crippen LogP contribution in [0.5, 0.6) is 0 Å². The van der Waals surface area contributed by atoms with Gasteiger partial charge in [-0.2, -0.15) is 4.98 Å². The second-order valence-corrected chi connectivity index (χ2v) is 6.30. The van der Waals surface area contributed by atoms with E-state index in [0.29, 0.717) is 5.92 Å². The van der Waals surface area contributed by atoms with Gasteiger partial charge in [0, 0.05) is 38.3 Å². The van der Waals surface area contributed by atoms with Gasteiger partial charge in [-0.15, -0.1) is 0 Å². The van der Waals surface area contributed by atoms with Crippen LogP contribution in [0.1, 0.15) is 25.6 Å². The minimum atomic E-state index is 0.544. The molecule has 0 bridgehead atoms. The topological polar surface area (TPSA) is 45.4 Å². The Morgan fingerprint density at radius 3 is 2.50 bits per heavy atom. The van der Waals surface area contributed by atoms with Gasteiger partial charge >= 0.3 is 0 Å². The van der Waals surface area contributed by atoms with E-state index in [1.807, 2.05) is 0 Å². The molecule has 1 aliphatic heterocycles. The van der Waals surface area contributed by atoms with Gasteiger partial charge in [-0.05, 0) is 18.1 Å². The van der Waals surface area contributed by atoms with Crippen LogP contribution in [-0.4, -0.2) is 41.2 Å². The molecule has 0 amide bonds. The first-order valence-electron chi connectivity index (χ1n) is 8.04. The first kappa shape index (κ1) is 15.0. The molecule has 0 radical (unpaired) electrons. The highest BCUT2D eigenvalue weighted by molar-refractivity contribution is 5.46. The second kappa shape index (κ2) is 6.92. The molecule has 5 heteroatoms. The first-order valence-corrected chi connectivity index (χ1v) is 8.04. The molecule has 5 nitrogen and oxygen atoms in total. The van der Waals surface area contributed by atoms with Gasteiger partial charge in [-0.3, -0.25) is 4.90 Å². The minimum Gasteiger partial charge on any atom is -0.369 e. The molecule has 3 rings (SSSR count). The quantitative estimate of drug-likeness (QED) is 0.849. The predicted molar refractivity (Wildman–Crippen MR) is 86.8 cm³/mol. The van der Waals surface area contributed by atoms with Crippen LogP contribution in [0, 0.1) is 5.92 Å². The van der Waals surface area contributed by atoms with Crippen molar-refractivity contribution < 1.29 is 4.52 Å². The molecule has 2 heterocycles. The standard InChI is InChI=1S/C17H24N4O/c1-14(2)12-17-18-16(19-22-17)13-20-8-10-21(11-9-20)15-6-4-3-5-7-15/h3-7,14H,8-13H2,1-2H3. The second-order valence-electron chi connectivity index (χ2n) is 6.30. The van der Waals surface area contributed by atoms with Gasteiger partial charge in [0.25, 0.3) is 0 Å². The van der Waals surface area contributed by atoms with Crippen LogP contribution < -0.4 is 4.90 Å². The highest BCUT2D eigenvalue weighted by Crippen LogP contribution is 2.16. The maximum Gasteiger partial charge on any atom is 0.226 e. The maximum absolute atomic E-state index is 5.31. The zero-order valence-corrected chi connectivity index (χ0v) is 13.4. The van der Waals surface area contributed by atoms with Gasteiger partial charge in [-0.1, -0.05) is 37.2 Å². The van der Waals surface area contributed by atoms with Crippen molar-refractivity contribution in [2.75, 3.05) is 31.1 Å². The van der Waals surface area contributed by atoms with E-state index in [0.717, 1.165) is 50.9 Å². The molecule has 1 aliphatic rings. The van der Waals surface area contributed by atoms with E-state index in [1.54, 1.807) is 0 Å². The third kappa shape index (κ3) is 3.85. The number of nitrogens with zero attached hydrogens (tertiary/aromatic N) is 4. The lowest BCUT2D eigenvalue weighted by atomic mass is 10.1. The Bertz CT molecular complexity index is 573. The van der Waals surface area contributed by atoms with E-state index in [2.05, 4.69) is 64.1 Å². The Labute approximate surface area is 131 Å². The lowest BCUT2D eigenvalue weighted by Gasteiger charge is -2.35. The third-order valence-corrected chi connectivity index (χ3v) is 3.95. The number of piperazine rings is 1. The van der Waals surface area contributed by atoms with Crippen LogP contribution >= 0.6 is 0 Å². The highest BCUT2D eigenvalue weighted by Gasteiger charge is 2.19. The molecule has 1 saturated heterocycles. The van der Waals surface area contributed by atoms with Crippen LogP contribution in [0.15, 0.2) is 34.9 Å². The summed E-state index contributed by atoms with van der Waals surface area (Å²) in [6.45, 7) is 9.25. The SMILES string of the molecule is CC(C)Cc1nc(CN2CCN(c3ccccc3)CC2)no1. The Morgan fingerprint density at radius 2 is 1.82 bits per heavy atom. The van der Waals surface area contributed by atoms with E-state index in [1.165, 1.54) is 5.69 Å². The normalized spacial score (nSPS) is 16.4. The van der Waals surface area contributed by atoms with E-state index in [-0.39, 0.29) is 0 Å². The van der Waals surface area contributed by atoms with Crippen molar-refractivity contribution in [3.05, 3.63) is 42.0 Å². The van der Waals surface area contributed by atoms with Gasteiger partial charge in [0.1, 0.15) is 0 Å². The number of aromatic nitrogens is 2. The van der Waals surface area contributed by atoms with E-state index in [4.69, 9.17) is 4.52 Å². The summed E-state index contributed by atoms with van der Waals surface area (Å²) >= 11 is 0. The molecule has 0 saturated carbocycles. The largest absolute Gasteiger partial charge is 0.369 e. The Balaban J connectivity index is 1.50. The monoisotopic (exact) mass is 300 g/mol. The van der Waals surface area contributed by atoms with Gasteiger partial charge in [0.05, 0.1) is 6.54 Å². The van der Waals surface area contributed by atoms with Crippen LogP contribution in [0.4, 0.5) is 5.69 Å². The number of hydrogen-bond acceptors (Lipinski definition) is 5. The fraction of sp³-hybridized carbons (Fsp3) is 0.529. The Morgan fingerprint density at radius 1 is 1.09 bits per heavy atom. The minimum absolute atomic E-state index is 0.544. The molecule has 0 aliphatic carbocycles. The number of para-hydroxylation sites is 1. The van der Waals surface area contributed by atoms with Crippen molar-refractivity contribution in [2.45, 2.75) is 26.8 Å². The van der Waals surface area contributed by atoms with E-state index < -0.39 is 0 Å². The predicted octanol–water partition coefficient (Wildman–Crippen LogP) is 2.59. The summed E-state index contributed by atoms with van der Waals surface area (Å²) in [5.41, 5.74) is 1.31. The molecular formula is C17H24N4O. The Kier molecular flexibility index (Phi) is 4.73. The molecule has 22 heavy (non-hydrogen) atoms. The smallest absolute Gasteiger partial charge is 0.226 e. The van der Waals surface area contributed by atoms with E-state index >= 15 is 0 Å². The molecule has 1 fully saturated rings. The first-order chi connectivity index (χ1) is 10.7. The van der Waals surface area contributed by atoms with Crippen LogP contribution in [0.2, 0.25) is 0 Å². The average Bonchev–Trinajstić information content (AvgIpc) is 2.95. The number of anilines is 1. The molecule has 0 atom stereocenters. The lowest BCUT2D eigenvalue weighted by Crippen LogP contribution is -2.46. The fourth-order valence-electron chi connectivity index (χ4n) is 2.79. The van der Waals surface area contributed by atoms with E-state index in [9.17, 15) is 0 Å². The number of hydrogen-bond donors (Lipinski definition) is 0. The molecular weight excluding hydrogens is 276 g/mol. The van der Waals surface area contributed by atoms with Crippen molar-refractivity contribution in [3.63, 3.8) is 0 Å². The van der Waals surface area contributed by atoms with Gasteiger partial charge in [0.15, 0.2) is 5.82 Å². The van der Waals surface area contributed by atoms with Crippen molar-refractivity contribution in [3.8, 4) is 0 Å². The number of rotatable bonds is 5. The molecule has 0 spiro atoms. The summed E-state index contributed by atoms with van der Waals surface area (Å²) < 4.78 is 5.31. The summed E-state index contributed by atoms with van der Waals surface area (Å²) in [4.78, 5) is 9.31. The summed E-state index contributed by atoms with van der Waals surface area (Å²) in [6.07, 6.45) is 0.856. The molecule has 1 aromatic carbocycles. The summed E-state index contributed by atoms with van der Waals surface area (Å²) in [7, 11) is 0. The zero-order valence-electron chi connectivity index (χ0n) is 13.4. The summed E-state index contributed by atoms with van der Waals surface area (Å²) in [5.74, 6) is 2.11. The number of benzene rings is 1. The summed E-state index contributed by atoms with van der Waals surface area (Å²) in [6, 6.07) is 10.6. The summed E-state index contributed by atoms with van der Waals surface area (Å²) in [5, 5.41) is 4.10. The Hall–Kier alpha value is -1.88. The van der Waals surface area contributed by atoms with Crippen molar-refractivity contribution >= 4 is 5.69 Å². The van der Waals surface area contributed by atoms with Crippen LogP contribution in [-0.2, 0) is 13.0 Å². The van der Waals surface area contributed by atoms with Crippen LogP contribution in [0.25, 0.3) is 0 Å². The van der Waals surface area contributed by atoms with Crippen molar-refractivity contribution in [1.29, 1.82) is 0 Å².